The summed E-state index contributed by atoms with van der Waals surface area (Å²) < 4.78 is 18.8. The molecule has 0 saturated carbocycles. The maximum Gasteiger partial charge on any atom is 0.223 e. The Hall–Kier alpha value is -1.66. The molecular formula is C17H26FN3O2. The third-order valence-electron chi connectivity index (χ3n) is 4.04. The van der Waals surface area contributed by atoms with Crippen LogP contribution in [0.3, 0.4) is 0 Å². The molecule has 0 unspecified atom stereocenters. The van der Waals surface area contributed by atoms with E-state index in [1.165, 1.54) is 6.07 Å². The SMILES string of the molecule is COCCCNCCC(=O)N1CCN(c2ccccc2F)CC1. The normalized spacial score (nSPS) is 15.0. The molecular weight excluding hydrogens is 297 g/mol. The Bertz CT molecular complexity index is 490. The third-order valence-corrected chi connectivity index (χ3v) is 4.04. The Morgan fingerprint density at radius 3 is 2.65 bits per heavy atom. The van der Waals surface area contributed by atoms with E-state index >= 15 is 0 Å². The molecule has 23 heavy (non-hydrogen) atoms. The number of carbonyl (C=O) groups is 1. The van der Waals surface area contributed by atoms with Crippen molar-refractivity contribution in [2.24, 2.45) is 0 Å². The number of rotatable bonds is 8. The van der Waals surface area contributed by atoms with Gasteiger partial charge in [-0.1, -0.05) is 12.1 Å². The van der Waals surface area contributed by atoms with E-state index in [1.54, 1.807) is 19.2 Å². The summed E-state index contributed by atoms with van der Waals surface area (Å²) in [5.41, 5.74) is 0.624. The summed E-state index contributed by atoms with van der Waals surface area (Å²) in [5, 5.41) is 3.24. The van der Waals surface area contributed by atoms with Gasteiger partial charge in [-0.3, -0.25) is 4.79 Å². The lowest BCUT2D eigenvalue weighted by molar-refractivity contribution is -0.131. The second-order valence-corrected chi connectivity index (χ2v) is 5.67. The summed E-state index contributed by atoms with van der Waals surface area (Å²) in [6.45, 7) is 4.94. The van der Waals surface area contributed by atoms with Gasteiger partial charge in [-0.15, -0.1) is 0 Å². The zero-order valence-electron chi connectivity index (χ0n) is 13.8. The maximum atomic E-state index is 13.8. The lowest BCUT2D eigenvalue weighted by atomic mass is 10.2. The molecule has 1 heterocycles. The molecule has 0 aromatic heterocycles. The van der Waals surface area contributed by atoms with Crippen molar-refractivity contribution < 1.29 is 13.9 Å². The molecule has 1 amide bonds. The molecule has 1 aliphatic rings. The van der Waals surface area contributed by atoms with Crippen LogP contribution in [0.4, 0.5) is 10.1 Å². The average molecular weight is 323 g/mol. The summed E-state index contributed by atoms with van der Waals surface area (Å²) in [6.07, 6.45) is 1.46. The van der Waals surface area contributed by atoms with Crippen LogP contribution in [0.15, 0.2) is 24.3 Å². The molecule has 1 fully saturated rings. The highest BCUT2D eigenvalue weighted by atomic mass is 19.1. The second kappa shape index (κ2) is 9.47. The minimum Gasteiger partial charge on any atom is -0.385 e. The Morgan fingerprint density at radius 2 is 1.96 bits per heavy atom. The molecule has 6 heteroatoms. The predicted molar refractivity (Wildman–Crippen MR) is 89.2 cm³/mol. The van der Waals surface area contributed by atoms with Crippen molar-refractivity contribution in [1.82, 2.24) is 10.2 Å². The monoisotopic (exact) mass is 323 g/mol. The number of halogens is 1. The second-order valence-electron chi connectivity index (χ2n) is 5.67. The molecule has 0 radical (unpaired) electrons. The lowest BCUT2D eigenvalue weighted by Gasteiger charge is -2.36. The van der Waals surface area contributed by atoms with Crippen LogP contribution in [-0.2, 0) is 9.53 Å². The summed E-state index contributed by atoms with van der Waals surface area (Å²) >= 11 is 0. The van der Waals surface area contributed by atoms with Gasteiger partial charge in [0.05, 0.1) is 5.69 Å². The highest BCUT2D eigenvalue weighted by Crippen LogP contribution is 2.20. The fourth-order valence-electron chi connectivity index (χ4n) is 2.72. The van der Waals surface area contributed by atoms with Crippen LogP contribution in [0, 0.1) is 5.82 Å². The molecule has 1 saturated heterocycles. The number of hydrogen-bond donors (Lipinski definition) is 1. The van der Waals surface area contributed by atoms with Gasteiger partial charge >= 0.3 is 0 Å². The van der Waals surface area contributed by atoms with Crippen molar-refractivity contribution in [3.63, 3.8) is 0 Å². The van der Waals surface area contributed by atoms with E-state index in [9.17, 15) is 9.18 Å². The molecule has 1 aromatic carbocycles. The van der Waals surface area contributed by atoms with E-state index in [1.807, 2.05) is 15.9 Å². The smallest absolute Gasteiger partial charge is 0.223 e. The number of piperazine rings is 1. The quantitative estimate of drug-likeness (QED) is 0.736. The van der Waals surface area contributed by atoms with Gasteiger partial charge in [-0.05, 0) is 25.1 Å². The minimum absolute atomic E-state index is 0.164. The molecule has 0 atom stereocenters. The number of carbonyl (C=O) groups excluding carboxylic acids is 1. The Kier molecular flexibility index (Phi) is 7.29. The summed E-state index contributed by atoms with van der Waals surface area (Å²) in [6, 6.07) is 6.79. The number of hydrogen-bond acceptors (Lipinski definition) is 4. The van der Waals surface area contributed by atoms with Gasteiger partial charge in [0.2, 0.25) is 5.91 Å². The number of amides is 1. The Morgan fingerprint density at radius 1 is 1.22 bits per heavy atom. The van der Waals surface area contributed by atoms with Crippen LogP contribution in [-0.4, -0.2) is 63.8 Å². The number of benzene rings is 1. The number of anilines is 1. The number of methoxy groups -OCH3 is 1. The molecule has 1 aliphatic heterocycles. The van der Waals surface area contributed by atoms with Gasteiger partial charge in [0.25, 0.3) is 0 Å². The van der Waals surface area contributed by atoms with E-state index in [0.29, 0.717) is 44.8 Å². The number of nitrogens with zero attached hydrogens (tertiary/aromatic N) is 2. The largest absolute Gasteiger partial charge is 0.385 e. The fourth-order valence-corrected chi connectivity index (χ4v) is 2.72. The van der Waals surface area contributed by atoms with Crippen molar-refractivity contribution in [1.29, 1.82) is 0 Å². The topological polar surface area (TPSA) is 44.8 Å². The van der Waals surface area contributed by atoms with Gasteiger partial charge < -0.3 is 19.9 Å². The van der Waals surface area contributed by atoms with Crippen LogP contribution >= 0.6 is 0 Å². The van der Waals surface area contributed by atoms with Gasteiger partial charge in [-0.25, -0.2) is 4.39 Å². The first-order valence-electron chi connectivity index (χ1n) is 8.19. The van der Waals surface area contributed by atoms with Gasteiger partial charge in [-0.2, -0.15) is 0 Å². The zero-order chi connectivity index (χ0) is 16.5. The minimum atomic E-state index is -0.201. The van der Waals surface area contributed by atoms with Gasteiger partial charge in [0, 0.05) is 52.9 Å². The predicted octanol–water partition coefficient (Wildman–Crippen LogP) is 1.49. The van der Waals surface area contributed by atoms with E-state index in [4.69, 9.17) is 4.74 Å². The molecule has 2 rings (SSSR count). The van der Waals surface area contributed by atoms with E-state index in [0.717, 1.165) is 19.6 Å². The van der Waals surface area contributed by atoms with Crippen molar-refractivity contribution in [2.45, 2.75) is 12.8 Å². The highest BCUT2D eigenvalue weighted by Gasteiger charge is 2.22. The molecule has 1 aromatic rings. The number of ether oxygens (including phenoxy) is 1. The molecule has 1 N–H and O–H groups in total. The van der Waals surface area contributed by atoms with Crippen molar-refractivity contribution in [2.75, 3.05) is 57.9 Å². The van der Waals surface area contributed by atoms with Crippen molar-refractivity contribution in [3.8, 4) is 0 Å². The van der Waals surface area contributed by atoms with Crippen LogP contribution in [0.5, 0.6) is 0 Å². The van der Waals surface area contributed by atoms with Gasteiger partial charge in [0.1, 0.15) is 5.82 Å². The standard InChI is InChI=1S/C17H26FN3O2/c1-23-14-4-8-19-9-7-17(22)21-12-10-20(11-13-21)16-6-3-2-5-15(16)18/h2-3,5-6,19H,4,7-14H2,1H3. The fraction of sp³-hybridized carbons (Fsp3) is 0.588. The van der Waals surface area contributed by atoms with Crippen LogP contribution in [0.25, 0.3) is 0 Å². The molecule has 0 spiro atoms. The Balaban J connectivity index is 1.68. The lowest BCUT2D eigenvalue weighted by Crippen LogP contribution is -2.49. The molecule has 0 bridgehead atoms. The van der Waals surface area contributed by atoms with E-state index < -0.39 is 0 Å². The third kappa shape index (κ3) is 5.48. The van der Waals surface area contributed by atoms with Crippen molar-refractivity contribution >= 4 is 11.6 Å². The van der Waals surface area contributed by atoms with E-state index in [-0.39, 0.29) is 11.7 Å². The molecule has 128 valence electrons. The average Bonchev–Trinajstić information content (AvgIpc) is 2.58. The van der Waals surface area contributed by atoms with Gasteiger partial charge in [0.15, 0.2) is 0 Å². The highest BCUT2D eigenvalue weighted by molar-refractivity contribution is 5.76. The van der Waals surface area contributed by atoms with E-state index in [2.05, 4.69) is 5.32 Å². The first-order valence-corrected chi connectivity index (χ1v) is 8.19. The number of para-hydroxylation sites is 1. The summed E-state index contributed by atoms with van der Waals surface area (Å²) in [5.74, 6) is -0.0371. The first-order chi connectivity index (χ1) is 11.2. The number of nitrogens with one attached hydrogen (secondary N) is 1. The summed E-state index contributed by atoms with van der Waals surface area (Å²) in [4.78, 5) is 16.0. The van der Waals surface area contributed by atoms with Crippen LogP contribution in [0.2, 0.25) is 0 Å². The Labute approximate surface area is 137 Å². The van der Waals surface area contributed by atoms with Crippen molar-refractivity contribution in [3.05, 3.63) is 30.1 Å². The molecule has 0 aliphatic carbocycles. The maximum absolute atomic E-state index is 13.8. The van der Waals surface area contributed by atoms with Crippen LogP contribution < -0.4 is 10.2 Å². The zero-order valence-corrected chi connectivity index (χ0v) is 13.8. The van der Waals surface area contributed by atoms with Crippen LogP contribution in [0.1, 0.15) is 12.8 Å². The molecule has 5 nitrogen and oxygen atoms in total. The summed E-state index contributed by atoms with van der Waals surface area (Å²) in [7, 11) is 1.69. The first kappa shape index (κ1) is 17.7.